The minimum atomic E-state index is -2.96. The molecular weight excluding hydrogens is 460 g/mol. The summed E-state index contributed by atoms with van der Waals surface area (Å²) < 4.78 is 23.6. The van der Waals surface area contributed by atoms with Crippen molar-refractivity contribution in [2.24, 2.45) is 0 Å². The summed E-state index contributed by atoms with van der Waals surface area (Å²) in [7, 11) is -2.96. The molecular formula is C24H26N2O3S3. The molecule has 3 aromatic rings. The van der Waals surface area contributed by atoms with Crippen molar-refractivity contribution in [3.8, 4) is 11.3 Å². The molecule has 0 saturated carbocycles. The maximum atomic E-state index is 13.0. The van der Waals surface area contributed by atoms with Gasteiger partial charge >= 0.3 is 0 Å². The second-order valence-corrected chi connectivity index (χ2v) is 12.7. The largest absolute Gasteiger partial charge is 0.298 e. The maximum absolute atomic E-state index is 13.0. The van der Waals surface area contributed by atoms with Gasteiger partial charge in [0, 0.05) is 20.6 Å². The summed E-state index contributed by atoms with van der Waals surface area (Å²) >= 11 is 2.93. The van der Waals surface area contributed by atoms with Gasteiger partial charge in [0.1, 0.15) is 0 Å². The summed E-state index contributed by atoms with van der Waals surface area (Å²) in [5, 5.41) is 3.48. The summed E-state index contributed by atoms with van der Waals surface area (Å²) in [5.74, 6) is 0.159. The van der Waals surface area contributed by atoms with Gasteiger partial charge in [-0.2, -0.15) is 0 Å². The minimum absolute atomic E-state index is 0.0154. The Morgan fingerprint density at radius 2 is 1.94 bits per heavy atom. The van der Waals surface area contributed by atoms with E-state index < -0.39 is 9.84 Å². The van der Waals surface area contributed by atoms with E-state index in [1.165, 1.54) is 28.7 Å². The lowest BCUT2D eigenvalue weighted by Crippen LogP contribution is -2.14. The summed E-state index contributed by atoms with van der Waals surface area (Å²) in [6, 6.07) is 15.8. The highest BCUT2D eigenvalue weighted by atomic mass is 32.2. The van der Waals surface area contributed by atoms with Gasteiger partial charge in [-0.3, -0.25) is 10.1 Å². The number of hydrogen-bond acceptors (Lipinski definition) is 6. The van der Waals surface area contributed by atoms with Crippen LogP contribution < -0.4 is 5.32 Å². The average Bonchev–Trinajstić information content (AvgIpc) is 3.30. The SMILES string of the molecule is CCCc1ccc(-c2nc(NC(=O)c3ccccc3SC3CCS(=O)(=O)C3)sc2C)cc1. The molecule has 1 aliphatic heterocycles. The predicted molar refractivity (Wildman–Crippen MR) is 134 cm³/mol. The fourth-order valence-electron chi connectivity index (χ4n) is 3.79. The molecule has 1 aliphatic rings. The number of amides is 1. The number of benzene rings is 2. The number of rotatable bonds is 7. The van der Waals surface area contributed by atoms with Gasteiger partial charge in [-0.25, -0.2) is 13.4 Å². The second kappa shape index (κ2) is 9.77. The van der Waals surface area contributed by atoms with E-state index in [1.807, 2.05) is 25.1 Å². The quantitative estimate of drug-likeness (QED) is 0.470. The molecule has 8 heteroatoms. The number of carbonyl (C=O) groups is 1. The van der Waals surface area contributed by atoms with Gasteiger partial charge in [0.2, 0.25) is 0 Å². The van der Waals surface area contributed by atoms with Crippen LogP contribution in [0.15, 0.2) is 53.4 Å². The molecule has 4 rings (SSSR count). The zero-order valence-electron chi connectivity index (χ0n) is 18.1. The smallest absolute Gasteiger partial charge is 0.258 e. The van der Waals surface area contributed by atoms with Crippen molar-refractivity contribution in [3.63, 3.8) is 0 Å². The molecule has 0 radical (unpaired) electrons. The molecule has 1 unspecified atom stereocenters. The van der Waals surface area contributed by atoms with Gasteiger partial charge in [-0.15, -0.1) is 23.1 Å². The Morgan fingerprint density at radius 3 is 2.62 bits per heavy atom. The van der Waals surface area contributed by atoms with Gasteiger partial charge < -0.3 is 0 Å². The molecule has 5 nitrogen and oxygen atoms in total. The summed E-state index contributed by atoms with van der Waals surface area (Å²) in [5.41, 5.74) is 3.77. The number of carbonyl (C=O) groups excluding carboxylic acids is 1. The predicted octanol–water partition coefficient (Wildman–Crippen LogP) is 5.60. The fraction of sp³-hybridized carbons (Fsp3) is 0.333. The molecule has 1 fully saturated rings. The van der Waals surface area contributed by atoms with Crippen LogP contribution in [-0.4, -0.2) is 36.1 Å². The average molecular weight is 487 g/mol. The summed E-state index contributed by atoms with van der Waals surface area (Å²) in [4.78, 5) is 19.5. The summed E-state index contributed by atoms with van der Waals surface area (Å²) in [6.07, 6.45) is 2.79. The first-order valence-electron chi connectivity index (χ1n) is 10.7. The Kier molecular flexibility index (Phi) is 7.02. The molecule has 2 aromatic carbocycles. The van der Waals surface area contributed by atoms with Crippen molar-refractivity contribution in [3.05, 3.63) is 64.5 Å². The maximum Gasteiger partial charge on any atom is 0.258 e. The van der Waals surface area contributed by atoms with Crippen LogP contribution >= 0.6 is 23.1 Å². The minimum Gasteiger partial charge on any atom is -0.298 e. The lowest BCUT2D eigenvalue weighted by atomic mass is 10.1. The van der Waals surface area contributed by atoms with Crippen LogP contribution in [-0.2, 0) is 16.3 Å². The number of thioether (sulfide) groups is 1. The highest BCUT2D eigenvalue weighted by Gasteiger charge is 2.29. The lowest BCUT2D eigenvalue weighted by Gasteiger charge is -2.12. The molecule has 0 spiro atoms. The third-order valence-electron chi connectivity index (χ3n) is 5.40. The van der Waals surface area contributed by atoms with Crippen molar-refractivity contribution in [1.82, 2.24) is 4.98 Å². The number of nitrogens with zero attached hydrogens (tertiary/aromatic N) is 1. The molecule has 168 valence electrons. The number of nitrogens with one attached hydrogen (secondary N) is 1. The number of aryl methyl sites for hydroxylation is 2. The van der Waals surface area contributed by atoms with Crippen molar-refractivity contribution < 1.29 is 13.2 Å². The molecule has 0 aliphatic carbocycles. The normalized spacial score (nSPS) is 17.4. The van der Waals surface area contributed by atoms with E-state index in [2.05, 4.69) is 41.5 Å². The van der Waals surface area contributed by atoms with E-state index in [-0.39, 0.29) is 22.7 Å². The molecule has 1 atom stereocenters. The Labute approximate surface area is 197 Å². The van der Waals surface area contributed by atoms with E-state index in [0.717, 1.165) is 33.9 Å². The molecule has 0 bridgehead atoms. The number of thiazole rings is 1. The number of anilines is 1. The van der Waals surface area contributed by atoms with Crippen molar-refractivity contribution in [2.45, 2.75) is 43.3 Å². The van der Waals surface area contributed by atoms with Gasteiger partial charge in [-0.1, -0.05) is 49.7 Å². The second-order valence-electron chi connectivity index (χ2n) is 7.96. The Bertz CT molecular complexity index is 1220. The van der Waals surface area contributed by atoms with E-state index in [0.29, 0.717) is 17.1 Å². The van der Waals surface area contributed by atoms with E-state index in [4.69, 9.17) is 0 Å². The zero-order chi connectivity index (χ0) is 22.7. The molecule has 1 saturated heterocycles. The van der Waals surface area contributed by atoms with Crippen LogP contribution in [0.4, 0.5) is 5.13 Å². The first kappa shape index (κ1) is 23.0. The third-order valence-corrected chi connectivity index (χ3v) is 9.61. The standard InChI is InChI=1S/C24H26N2O3S3/c1-3-6-17-9-11-18(12-10-17)22-16(2)30-24(25-22)26-23(27)20-7-4-5-8-21(20)31-19-13-14-32(28,29)15-19/h4-5,7-12,19H,3,6,13-15H2,1-2H3,(H,25,26,27). The molecule has 1 N–H and O–H groups in total. The van der Waals surface area contributed by atoms with Gasteiger partial charge in [0.25, 0.3) is 5.91 Å². The fourth-order valence-corrected chi connectivity index (χ4v) is 8.25. The van der Waals surface area contributed by atoms with E-state index in [1.54, 1.807) is 6.07 Å². The van der Waals surface area contributed by atoms with Crippen LogP contribution in [0, 0.1) is 6.92 Å². The van der Waals surface area contributed by atoms with Gasteiger partial charge in [0.05, 0.1) is 22.8 Å². The monoisotopic (exact) mass is 486 g/mol. The van der Waals surface area contributed by atoms with Crippen LogP contribution in [0.1, 0.15) is 40.6 Å². The van der Waals surface area contributed by atoms with Crippen LogP contribution in [0.3, 0.4) is 0 Å². The Hall–Kier alpha value is -2.16. The summed E-state index contributed by atoms with van der Waals surface area (Å²) in [6.45, 7) is 4.17. The molecule has 1 aromatic heterocycles. The van der Waals surface area contributed by atoms with Crippen LogP contribution in [0.25, 0.3) is 11.3 Å². The zero-order valence-corrected chi connectivity index (χ0v) is 20.6. The first-order chi connectivity index (χ1) is 15.3. The number of hydrogen-bond donors (Lipinski definition) is 1. The Morgan fingerprint density at radius 1 is 1.19 bits per heavy atom. The van der Waals surface area contributed by atoms with Gasteiger partial charge in [-0.05, 0) is 37.5 Å². The molecule has 2 heterocycles. The van der Waals surface area contributed by atoms with Gasteiger partial charge in [0.15, 0.2) is 15.0 Å². The third kappa shape index (κ3) is 5.42. The lowest BCUT2D eigenvalue weighted by molar-refractivity contribution is 0.102. The van der Waals surface area contributed by atoms with Crippen LogP contribution in [0.5, 0.6) is 0 Å². The first-order valence-corrected chi connectivity index (χ1v) is 14.2. The Balaban J connectivity index is 1.50. The highest BCUT2D eigenvalue weighted by Crippen LogP contribution is 2.34. The van der Waals surface area contributed by atoms with Crippen molar-refractivity contribution >= 4 is 44.0 Å². The molecule has 1 amide bonds. The topological polar surface area (TPSA) is 76.1 Å². The van der Waals surface area contributed by atoms with E-state index >= 15 is 0 Å². The van der Waals surface area contributed by atoms with E-state index in [9.17, 15) is 13.2 Å². The van der Waals surface area contributed by atoms with Crippen molar-refractivity contribution in [2.75, 3.05) is 16.8 Å². The van der Waals surface area contributed by atoms with Crippen molar-refractivity contribution in [1.29, 1.82) is 0 Å². The van der Waals surface area contributed by atoms with Crippen LogP contribution in [0.2, 0.25) is 0 Å². The highest BCUT2D eigenvalue weighted by molar-refractivity contribution is 8.02. The number of aromatic nitrogens is 1. The molecule has 32 heavy (non-hydrogen) atoms. The number of sulfone groups is 1.